The summed E-state index contributed by atoms with van der Waals surface area (Å²) >= 11 is 0. The molecule has 1 heterocycles. The van der Waals surface area contributed by atoms with Gasteiger partial charge in [0.25, 0.3) is 0 Å². The predicted octanol–water partition coefficient (Wildman–Crippen LogP) is 3.13. The molecule has 0 saturated carbocycles. The quantitative estimate of drug-likeness (QED) is 0.609. The Bertz CT molecular complexity index is 696. The van der Waals surface area contributed by atoms with Crippen LogP contribution in [0.3, 0.4) is 0 Å². The highest BCUT2D eigenvalue weighted by atomic mass is 16.5. The van der Waals surface area contributed by atoms with Gasteiger partial charge >= 0.3 is 0 Å². The minimum absolute atomic E-state index is 0.197. The summed E-state index contributed by atoms with van der Waals surface area (Å²) in [5, 5.41) is 28.7. The molecule has 0 aliphatic carbocycles. The highest BCUT2D eigenvalue weighted by Crippen LogP contribution is 2.20. The Morgan fingerprint density at radius 3 is 2.60 bits per heavy atom. The Labute approximate surface area is 147 Å². The molecule has 0 saturated heterocycles. The van der Waals surface area contributed by atoms with Crippen molar-refractivity contribution in [2.45, 2.75) is 38.6 Å². The van der Waals surface area contributed by atoms with E-state index in [2.05, 4.69) is 5.73 Å². The second kappa shape index (κ2) is 9.87. The third-order valence-corrected chi connectivity index (χ3v) is 3.51. The van der Waals surface area contributed by atoms with E-state index in [0.717, 1.165) is 11.3 Å². The molecule has 0 aliphatic heterocycles. The zero-order chi connectivity index (χ0) is 18.1. The molecule has 1 aromatic heterocycles. The Hall–Kier alpha value is -2.30. The van der Waals surface area contributed by atoms with E-state index < -0.39 is 12.2 Å². The average Bonchev–Trinajstić information content (AvgIpc) is 3.09. The van der Waals surface area contributed by atoms with Crippen molar-refractivity contribution in [3.63, 3.8) is 0 Å². The SMILES string of the molecule is C[C@H](O)CC(=C=CC[C@@H](O)c1ccc(CO)o1)COc1ccccc1. The second-order valence-corrected chi connectivity index (χ2v) is 5.82. The molecule has 0 unspecified atom stereocenters. The fraction of sp³-hybridized carbons (Fsp3) is 0.350. The number of furan rings is 1. The van der Waals surface area contributed by atoms with Gasteiger partial charge in [0.1, 0.15) is 36.6 Å². The summed E-state index contributed by atoms with van der Waals surface area (Å²) < 4.78 is 11.0. The number of hydrogen-bond acceptors (Lipinski definition) is 5. The highest BCUT2D eigenvalue weighted by molar-refractivity contribution is 5.22. The van der Waals surface area contributed by atoms with Crippen LogP contribution in [0.4, 0.5) is 0 Å². The van der Waals surface area contributed by atoms with Gasteiger partial charge in [-0.2, -0.15) is 0 Å². The largest absolute Gasteiger partial charge is 0.489 e. The van der Waals surface area contributed by atoms with E-state index in [0.29, 0.717) is 31.0 Å². The van der Waals surface area contributed by atoms with Gasteiger partial charge in [-0.15, -0.1) is 5.73 Å². The summed E-state index contributed by atoms with van der Waals surface area (Å²) in [6.45, 7) is 1.83. The predicted molar refractivity (Wildman–Crippen MR) is 94.0 cm³/mol. The van der Waals surface area contributed by atoms with Gasteiger partial charge in [-0.25, -0.2) is 0 Å². The van der Waals surface area contributed by atoms with Gasteiger partial charge < -0.3 is 24.5 Å². The van der Waals surface area contributed by atoms with E-state index in [1.165, 1.54) is 0 Å². The summed E-state index contributed by atoms with van der Waals surface area (Å²) in [6, 6.07) is 12.7. The molecule has 0 radical (unpaired) electrons. The minimum atomic E-state index is -0.810. The lowest BCUT2D eigenvalue weighted by molar-refractivity contribution is 0.145. The summed E-state index contributed by atoms with van der Waals surface area (Å²) in [5.74, 6) is 1.57. The van der Waals surface area contributed by atoms with Crippen LogP contribution in [0.2, 0.25) is 0 Å². The van der Waals surface area contributed by atoms with Crippen molar-refractivity contribution >= 4 is 0 Å². The molecule has 5 heteroatoms. The fourth-order valence-corrected chi connectivity index (χ4v) is 2.29. The lowest BCUT2D eigenvalue weighted by Gasteiger charge is -2.10. The molecular weight excluding hydrogens is 320 g/mol. The van der Waals surface area contributed by atoms with E-state index in [9.17, 15) is 10.2 Å². The molecule has 5 nitrogen and oxygen atoms in total. The maximum Gasteiger partial charge on any atom is 0.133 e. The van der Waals surface area contributed by atoms with Crippen LogP contribution < -0.4 is 4.74 Å². The van der Waals surface area contributed by atoms with Crippen LogP contribution in [0.5, 0.6) is 5.75 Å². The molecule has 2 atom stereocenters. The van der Waals surface area contributed by atoms with Crippen molar-refractivity contribution in [1.82, 2.24) is 0 Å². The Morgan fingerprint density at radius 2 is 1.96 bits per heavy atom. The lowest BCUT2D eigenvalue weighted by Crippen LogP contribution is -2.07. The van der Waals surface area contributed by atoms with Crippen molar-refractivity contribution < 1.29 is 24.5 Å². The Morgan fingerprint density at radius 1 is 1.20 bits per heavy atom. The van der Waals surface area contributed by atoms with E-state index in [1.807, 2.05) is 30.3 Å². The maximum atomic E-state index is 10.1. The smallest absolute Gasteiger partial charge is 0.133 e. The molecule has 0 aliphatic rings. The monoisotopic (exact) mass is 344 g/mol. The van der Waals surface area contributed by atoms with Gasteiger partial charge in [0, 0.05) is 18.4 Å². The minimum Gasteiger partial charge on any atom is -0.489 e. The van der Waals surface area contributed by atoms with Gasteiger partial charge in [0.15, 0.2) is 0 Å². The number of aliphatic hydroxyl groups is 3. The molecule has 0 fully saturated rings. The highest BCUT2D eigenvalue weighted by Gasteiger charge is 2.10. The van der Waals surface area contributed by atoms with Crippen LogP contribution in [-0.4, -0.2) is 28.0 Å². The van der Waals surface area contributed by atoms with E-state index >= 15 is 0 Å². The van der Waals surface area contributed by atoms with Crippen LogP contribution in [0.25, 0.3) is 0 Å². The number of para-hydroxylation sites is 1. The number of rotatable bonds is 9. The second-order valence-electron chi connectivity index (χ2n) is 5.82. The van der Waals surface area contributed by atoms with Crippen LogP contribution in [0.15, 0.2) is 64.3 Å². The third kappa shape index (κ3) is 6.61. The van der Waals surface area contributed by atoms with Crippen LogP contribution in [-0.2, 0) is 6.61 Å². The Balaban J connectivity index is 1.98. The topological polar surface area (TPSA) is 83.1 Å². The lowest BCUT2D eigenvalue weighted by atomic mass is 10.1. The first kappa shape index (κ1) is 19.0. The van der Waals surface area contributed by atoms with E-state index in [-0.39, 0.29) is 6.61 Å². The molecular formula is C20H24O5. The van der Waals surface area contributed by atoms with Gasteiger partial charge in [-0.05, 0) is 37.3 Å². The zero-order valence-corrected chi connectivity index (χ0v) is 14.3. The molecule has 0 amide bonds. The van der Waals surface area contributed by atoms with Crippen molar-refractivity contribution in [1.29, 1.82) is 0 Å². The number of aliphatic hydroxyl groups excluding tert-OH is 3. The summed E-state index contributed by atoms with van der Waals surface area (Å²) in [5.41, 5.74) is 3.91. The molecule has 25 heavy (non-hydrogen) atoms. The van der Waals surface area contributed by atoms with Crippen molar-refractivity contribution in [3.05, 3.63) is 71.4 Å². The van der Waals surface area contributed by atoms with E-state index in [1.54, 1.807) is 25.1 Å². The summed E-state index contributed by atoms with van der Waals surface area (Å²) in [6.07, 6.45) is 1.15. The first-order valence-electron chi connectivity index (χ1n) is 8.25. The molecule has 2 rings (SSSR count). The molecule has 0 spiro atoms. The van der Waals surface area contributed by atoms with Crippen molar-refractivity contribution in [2.75, 3.05) is 6.61 Å². The number of hydrogen-bond donors (Lipinski definition) is 3. The standard InChI is InChI=1S/C20H24O5/c1-15(22)12-16(14-24-17-7-3-2-4-8-17)6-5-9-19(23)20-11-10-18(13-21)25-20/h2-5,7-8,10-11,15,19,21-23H,9,12-14H2,1H3/t6?,15-,19+/m0/s1. The first-order valence-corrected chi connectivity index (χ1v) is 8.25. The fourth-order valence-electron chi connectivity index (χ4n) is 2.29. The number of benzene rings is 1. The average molecular weight is 344 g/mol. The van der Waals surface area contributed by atoms with Crippen LogP contribution in [0, 0.1) is 0 Å². The van der Waals surface area contributed by atoms with Crippen LogP contribution in [0.1, 0.15) is 37.4 Å². The molecule has 134 valence electrons. The van der Waals surface area contributed by atoms with Gasteiger partial charge in [0.2, 0.25) is 0 Å². The summed E-state index contributed by atoms with van der Waals surface area (Å²) in [4.78, 5) is 0. The van der Waals surface area contributed by atoms with Gasteiger partial charge in [0.05, 0.1) is 6.10 Å². The molecule has 2 aromatic rings. The van der Waals surface area contributed by atoms with E-state index in [4.69, 9.17) is 14.3 Å². The normalized spacial score (nSPS) is 13.0. The third-order valence-electron chi connectivity index (χ3n) is 3.51. The van der Waals surface area contributed by atoms with Crippen LogP contribution >= 0.6 is 0 Å². The first-order chi connectivity index (χ1) is 12.1. The number of ether oxygens (including phenoxy) is 1. The molecule has 1 aromatic carbocycles. The van der Waals surface area contributed by atoms with Gasteiger partial charge in [-0.1, -0.05) is 18.2 Å². The summed E-state index contributed by atoms with van der Waals surface area (Å²) in [7, 11) is 0. The van der Waals surface area contributed by atoms with Crippen molar-refractivity contribution in [2.24, 2.45) is 0 Å². The Kier molecular flexibility index (Phi) is 7.51. The molecule has 0 bridgehead atoms. The van der Waals surface area contributed by atoms with Gasteiger partial charge in [-0.3, -0.25) is 0 Å². The van der Waals surface area contributed by atoms with Crippen molar-refractivity contribution in [3.8, 4) is 5.75 Å². The maximum absolute atomic E-state index is 10.1. The zero-order valence-electron chi connectivity index (χ0n) is 14.3. The molecule has 3 N–H and O–H groups in total.